The number of fused-ring (bicyclic) bond motifs is 1. The minimum atomic E-state index is 0.696. The summed E-state index contributed by atoms with van der Waals surface area (Å²) in [4.78, 5) is 0. The zero-order chi connectivity index (χ0) is 19.5. The first-order valence-electron chi connectivity index (χ1n) is 9.48. The fraction of sp³-hybridized carbons (Fsp3) is 0.318. The number of ether oxygens (including phenoxy) is 3. The average Bonchev–Trinajstić information content (AvgIpc) is 2.93. The second kappa shape index (κ2) is 7.84. The lowest BCUT2D eigenvalue weighted by Crippen LogP contribution is -2.08. The molecule has 1 N–H and O–H groups in total. The van der Waals surface area contributed by atoms with Crippen molar-refractivity contribution in [2.45, 2.75) is 19.3 Å². The summed E-state index contributed by atoms with van der Waals surface area (Å²) in [6.45, 7) is 0.930. The summed E-state index contributed by atoms with van der Waals surface area (Å²) in [7, 11) is 4.98. The first kappa shape index (κ1) is 18.2. The summed E-state index contributed by atoms with van der Waals surface area (Å²) in [6, 6.07) is 13.9. The normalized spacial score (nSPS) is 13.2. The van der Waals surface area contributed by atoms with Gasteiger partial charge in [0.25, 0.3) is 0 Å². The Morgan fingerprint density at radius 2 is 1.68 bits per heavy atom. The zero-order valence-corrected chi connectivity index (χ0v) is 16.5. The number of rotatable bonds is 5. The van der Waals surface area contributed by atoms with E-state index in [1.165, 1.54) is 5.56 Å². The molecule has 0 bridgehead atoms. The van der Waals surface area contributed by atoms with E-state index in [9.17, 15) is 0 Å². The molecule has 2 aromatic carbocycles. The number of anilines is 1. The summed E-state index contributed by atoms with van der Waals surface area (Å²) in [5, 5.41) is 8.57. The number of aromatic nitrogens is 2. The third kappa shape index (κ3) is 3.15. The van der Waals surface area contributed by atoms with E-state index in [0.717, 1.165) is 54.3 Å². The lowest BCUT2D eigenvalue weighted by Gasteiger charge is -2.12. The maximum Gasteiger partial charge on any atom is 0.161 e. The highest BCUT2D eigenvalue weighted by molar-refractivity contribution is 5.73. The Kier molecular flexibility index (Phi) is 5.10. The molecule has 1 aliphatic heterocycles. The first-order valence-corrected chi connectivity index (χ1v) is 9.48. The molecule has 28 heavy (non-hydrogen) atoms. The Balaban J connectivity index is 1.91. The van der Waals surface area contributed by atoms with Crippen LogP contribution < -0.4 is 19.5 Å². The van der Waals surface area contributed by atoms with Gasteiger partial charge in [-0.2, -0.15) is 5.10 Å². The molecule has 0 aliphatic carbocycles. The average molecular weight is 379 g/mol. The Morgan fingerprint density at radius 1 is 0.893 bits per heavy atom. The van der Waals surface area contributed by atoms with Crippen molar-refractivity contribution in [1.82, 2.24) is 9.78 Å². The van der Waals surface area contributed by atoms with Crippen molar-refractivity contribution in [3.63, 3.8) is 0 Å². The number of hydrogen-bond acceptors (Lipinski definition) is 5. The number of benzene rings is 2. The molecule has 0 unspecified atom stereocenters. The molecular formula is C22H25N3O3. The highest BCUT2D eigenvalue weighted by Gasteiger charge is 2.23. The van der Waals surface area contributed by atoms with Crippen molar-refractivity contribution < 1.29 is 14.2 Å². The van der Waals surface area contributed by atoms with Crippen LogP contribution in [0.4, 0.5) is 5.82 Å². The first-order chi connectivity index (χ1) is 13.8. The molecule has 1 aromatic heterocycles. The third-order valence-corrected chi connectivity index (χ3v) is 5.10. The Morgan fingerprint density at radius 3 is 2.46 bits per heavy atom. The lowest BCUT2D eigenvalue weighted by molar-refractivity contribution is 0.355. The fourth-order valence-corrected chi connectivity index (χ4v) is 3.70. The molecule has 146 valence electrons. The summed E-state index contributed by atoms with van der Waals surface area (Å²) in [5.41, 5.74) is 4.10. The summed E-state index contributed by atoms with van der Waals surface area (Å²) < 4.78 is 18.4. The summed E-state index contributed by atoms with van der Waals surface area (Å²) in [6.07, 6.45) is 3.23. The summed E-state index contributed by atoms with van der Waals surface area (Å²) >= 11 is 0. The van der Waals surface area contributed by atoms with Gasteiger partial charge in [-0.3, -0.25) is 0 Å². The van der Waals surface area contributed by atoms with Gasteiger partial charge in [0.1, 0.15) is 17.3 Å². The largest absolute Gasteiger partial charge is 0.494 e. The van der Waals surface area contributed by atoms with Gasteiger partial charge in [-0.1, -0.05) is 12.1 Å². The standard InChI is InChI=1S/C22H25N3O3/c1-26-18-10-5-4-9-17(18)25-22-16(8-6-7-13-23-22)21(24-25)15-11-12-19(27-2)20(14-15)28-3/h4-5,9-12,14,23H,6-8,13H2,1-3H3. The minimum Gasteiger partial charge on any atom is -0.494 e. The van der Waals surface area contributed by atoms with Crippen LogP contribution in [0, 0.1) is 0 Å². The maximum absolute atomic E-state index is 5.58. The Bertz CT molecular complexity index is 981. The van der Waals surface area contributed by atoms with Crippen molar-refractivity contribution in [3.05, 3.63) is 48.0 Å². The fourth-order valence-electron chi connectivity index (χ4n) is 3.70. The van der Waals surface area contributed by atoms with E-state index in [-0.39, 0.29) is 0 Å². The molecule has 4 rings (SSSR count). The molecule has 1 aliphatic rings. The van der Waals surface area contributed by atoms with Crippen molar-refractivity contribution in [1.29, 1.82) is 0 Å². The van der Waals surface area contributed by atoms with Crippen molar-refractivity contribution in [3.8, 4) is 34.2 Å². The summed E-state index contributed by atoms with van der Waals surface area (Å²) in [5.74, 6) is 3.23. The second-order valence-corrected chi connectivity index (χ2v) is 6.71. The van der Waals surface area contributed by atoms with E-state index >= 15 is 0 Å². The van der Waals surface area contributed by atoms with Gasteiger partial charge < -0.3 is 19.5 Å². The number of methoxy groups -OCH3 is 3. The smallest absolute Gasteiger partial charge is 0.161 e. The molecule has 0 atom stereocenters. The van der Waals surface area contributed by atoms with Crippen LogP contribution in [0.25, 0.3) is 16.9 Å². The van der Waals surface area contributed by atoms with E-state index < -0.39 is 0 Å². The van der Waals surface area contributed by atoms with Gasteiger partial charge in [-0.25, -0.2) is 4.68 Å². The molecule has 0 saturated heterocycles. The molecule has 0 radical (unpaired) electrons. The van der Waals surface area contributed by atoms with E-state index in [0.29, 0.717) is 11.5 Å². The van der Waals surface area contributed by atoms with Crippen molar-refractivity contribution in [2.75, 3.05) is 33.2 Å². The Labute approximate surface area is 165 Å². The van der Waals surface area contributed by atoms with Gasteiger partial charge in [-0.05, 0) is 49.6 Å². The van der Waals surface area contributed by atoms with Crippen LogP contribution in [0.3, 0.4) is 0 Å². The topological polar surface area (TPSA) is 57.5 Å². The van der Waals surface area contributed by atoms with Gasteiger partial charge in [0, 0.05) is 17.7 Å². The van der Waals surface area contributed by atoms with Gasteiger partial charge in [0.05, 0.1) is 27.0 Å². The van der Waals surface area contributed by atoms with E-state index in [2.05, 4.69) is 5.32 Å². The lowest BCUT2D eigenvalue weighted by atomic mass is 10.0. The van der Waals surface area contributed by atoms with Gasteiger partial charge >= 0.3 is 0 Å². The highest BCUT2D eigenvalue weighted by atomic mass is 16.5. The third-order valence-electron chi connectivity index (χ3n) is 5.10. The molecular weight excluding hydrogens is 354 g/mol. The molecule has 3 aromatic rings. The molecule has 2 heterocycles. The number of hydrogen-bond donors (Lipinski definition) is 1. The van der Waals surface area contributed by atoms with E-state index in [4.69, 9.17) is 19.3 Å². The SMILES string of the molecule is COc1ccc(-c2nn(-c3ccccc3OC)c3c2CCCCN3)cc1OC. The Hall–Kier alpha value is -3.15. The molecule has 0 spiro atoms. The molecule has 0 amide bonds. The predicted molar refractivity (Wildman–Crippen MR) is 110 cm³/mol. The van der Waals surface area contributed by atoms with Crippen LogP contribution in [-0.2, 0) is 6.42 Å². The molecule has 0 saturated carbocycles. The number of para-hydroxylation sites is 2. The van der Waals surface area contributed by atoms with Crippen LogP contribution in [0.2, 0.25) is 0 Å². The number of nitrogens with zero attached hydrogens (tertiary/aromatic N) is 2. The van der Waals surface area contributed by atoms with Crippen LogP contribution in [-0.4, -0.2) is 37.7 Å². The maximum atomic E-state index is 5.58. The monoisotopic (exact) mass is 379 g/mol. The molecule has 6 heteroatoms. The molecule has 0 fully saturated rings. The number of nitrogens with one attached hydrogen (secondary N) is 1. The van der Waals surface area contributed by atoms with E-state index in [1.807, 2.05) is 47.1 Å². The van der Waals surface area contributed by atoms with Gasteiger partial charge in [0.2, 0.25) is 0 Å². The molecule has 6 nitrogen and oxygen atoms in total. The van der Waals surface area contributed by atoms with Gasteiger partial charge in [-0.15, -0.1) is 0 Å². The van der Waals surface area contributed by atoms with Gasteiger partial charge in [0.15, 0.2) is 11.5 Å². The van der Waals surface area contributed by atoms with Crippen molar-refractivity contribution >= 4 is 5.82 Å². The highest BCUT2D eigenvalue weighted by Crippen LogP contribution is 2.38. The van der Waals surface area contributed by atoms with Crippen LogP contribution >= 0.6 is 0 Å². The predicted octanol–water partition coefficient (Wildman–Crippen LogP) is 4.31. The zero-order valence-electron chi connectivity index (χ0n) is 16.5. The van der Waals surface area contributed by atoms with Crippen molar-refractivity contribution in [2.24, 2.45) is 0 Å². The quantitative estimate of drug-likeness (QED) is 0.716. The van der Waals surface area contributed by atoms with Crippen LogP contribution in [0.1, 0.15) is 18.4 Å². The van der Waals surface area contributed by atoms with Crippen LogP contribution in [0.15, 0.2) is 42.5 Å². The van der Waals surface area contributed by atoms with E-state index in [1.54, 1.807) is 21.3 Å². The minimum absolute atomic E-state index is 0.696. The van der Waals surface area contributed by atoms with Crippen LogP contribution in [0.5, 0.6) is 17.2 Å². The second-order valence-electron chi connectivity index (χ2n) is 6.71.